The number of ether oxygens (including phenoxy) is 2. The van der Waals surface area contributed by atoms with E-state index < -0.39 is 0 Å². The topological polar surface area (TPSA) is 75.2 Å². The Morgan fingerprint density at radius 1 is 1.21 bits per heavy atom. The van der Waals surface area contributed by atoms with Gasteiger partial charge in [-0.1, -0.05) is 6.07 Å². The smallest absolute Gasteiger partial charge is 0.217 e. The van der Waals surface area contributed by atoms with Crippen LogP contribution in [-0.4, -0.2) is 28.0 Å². The van der Waals surface area contributed by atoms with E-state index in [9.17, 15) is 4.39 Å². The van der Waals surface area contributed by atoms with Crippen molar-refractivity contribution in [2.45, 2.75) is 25.3 Å². The second-order valence-electron chi connectivity index (χ2n) is 6.92. The Hall–Kier alpha value is -2.77. The summed E-state index contributed by atoms with van der Waals surface area (Å²) in [5.41, 5.74) is 8.95. The van der Waals surface area contributed by atoms with Crippen molar-refractivity contribution in [1.82, 2.24) is 14.8 Å². The molecule has 3 aromatic rings. The van der Waals surface area contributed by atoms with Crippen LogP contribution in [0.3, 0.4) is 0 Å². The van der Waals surface area contributed by atoms with Gasteiger partial charge in [-0.25, -0.2) is 9.07 Å². The third kappa shape index (κ3) is 3.90. The van der Waals surface area contributed by atoms with E-state index in [4.69, 9.17) is 15.2 Å². The second-order valence-corrected chi connectivity index (χ2v) is 6.92. The minimum absolute atomic E-state index is 0.356. The fourth-order valence-electron chi connectivity index (χ4n) is 3.37. The highest BCUT2D eigenvalue weighted by Gasteiger charge is 2.21. The average molecular weight is 382 g/mol. The summed E-state index contributed by atoms with van der Waals surface area (Å²) >= 11 is 0. The zero-order valence-corrected chi connectivity index (χ0v) is 15.8. The van der Waals surface area contributed by atoms with Gasteiger partial charge in [0.15, 0.2) is 0 Å². The molecule has 6 nitrogen and oxygen atoms in total. The number of pyridine rings is 1. The molecular weight excluding hydrogens is 359 g/mol. The minimum atomic E-state index is -0.371. The fourth-order valence-corrected chi connectivity index (χ4v) is 3.37. The van der Waals surface area contributed by atoms with Crippen molar-refractivity contribution in [2.24, 2.45) is 12.8 Å². The monoisotopic (exact) mass is 382 g/mol. The van der Waals surface area contributed by atoms with E-state index in [0.717, 1.165) is 37.3 Å². The normalized spacial score (nSPS) is 15.0. The number of hydrogen-bond donors (Lipinski definition) is 1. The summed E-state index contributed by atoms with van der Waals surface area (Å²) in [4.78, 5) is 4.43. The summed E-state index contributed by atoms with van der Waals surface area (Å²) in [6.45, 7) is 1.91. The zero-order valence-electron chi connectivity index (χ0n) is 15.8. The van der Waals surface area contributed by atoms with Crippen LogP contribution in [0, 0.1) is 5.82 Å². The van der Waals surface area contributed by atoms with Crippen LogP contribution >= 0.6 is 0 Å². The Bertz CT molecular complexity index is 950. The van der Waals surface area contributed by atoms with Crippen molar-refractivity contribution >= 4 is 0 Å². The number of halogens is 1. The van der Waals surface area contributed by atoms with Crippen molar-refractivity contribution < 1.29 is 13.9 Å². The summed E-state index contributed by atoms with van der Waals surface area (Å²) in [6.07, 6.45) is 3.61. The largest absolute Gasteiger partial charge is 0.438 e. The lowest BCUT2D eigenvalue weighted by molar-refractivity contribution is 0.0844. The average Bonchev–Trinajstić information content (AvgIpc) is 3.09. The van der Waals surface area contributed by atoms with Gasteiger partial charge in [-0.2, -0.15) is 5.10 Å². The molecule has 0 saturated carbocycles. The molecule has 1 aromatic carbocycles. The van der Waals surface area contributed by atoms with E-state index in [1.165, 1.54) is 12.1 Å². The van der Waals surface area contributed by atoms with E-state index >= 15 is 0 Å². The van der Waals surface area contributed by atoms with E-state index in [2.05, 4.69) is 10.1 Å². The quantitative estimate of drug-likeness (QED) is 0.727. The Morgan fingerprint density at radius 3 is 2.75 bits per heavy atom. The van der Waals surface area contributed by atoms with Crippen molar-refractivity contribution in [3.8, 4) is 22.9 Å². The van der Waals surface area contributed by atoms with Gasteiger partial charge in [0.05, 0.1) is 11.4 Å². The highest BCUT2D eigenvalue weighted by molar-refractivity contribution is 5.67. The molecule has 4 rings (SSSR count). The third-order valence-electron chi connectivity index (χ3n) is 4.99. The molecular formula is C21H23FN4O2. The maximum atomic E-state index is 13.9. The van der Waals surface area contributed by atoms with Gasteiger partial charge in [0.1, 0.15) is 11.6 Å². The Balaban J connectivity index is 1.64. The molecule has 1 saturated heterocycles. The molecule has 2 aromatic heterocycles. The summed E-state index contributed by atoms with van der Waals surface area (Å²) < 4.78 is 27.1. The number of hydrogen-bond acceptors (Lipinski definition) is 5. The first kappa shape index (κ1) is 18.6. The molecule has 7 heteroatoms. The first-order chi connectivity index (χ1) is 13.6. The molecule has 1 fully saturated rings. The van der Waals surface area contributed by atoms with Crippen LogP contribution in [0.4, 0.5) is 4.39 Å². The van der Waals surface area contributed by atoms with Gasteiger partial charge in [-0.15, -0.1) is 0 Å². The summed E-state index contributed by atoms with van der Waals surface area (Å²) in [5.74, 6) is 0.945. The van der Waals surface area contributed by atoms with Crippen LogP contribution in [-0.2, 0) is 18.3 Å². The Morgan fingerprint density at radius 2 is 2.04 bits per heavy atom. The number of rotatable bonds is 5. The van der Waals surface area contributed by atoms with Crippen LogP contribution < -0.4 is 10.5 Å². The number of nitrogens with two attached hydrogens (primary N) is 1. The number of aryl methyl sites for hydroxylation is 1. The summed E-state index contributed by atoms with van der Waals surface area (Å²) in [6, 6.07) is 10.1. The van der Waals surface area contributed by atoms with Gasteiger partial charge in [0.25, 0.3) is 0 Å². The number of benzene rings is 1. The molecule has 3 heterocycles. The fraction of sp³-hybridized carbons (Fsp3) is 0.333. The molecule has 0 atom stereocenters. The van der Waals surface area contributed by atoms with E-state index in [1.54, 1.807) is 16.9 Å². The molecule has 0 radical (unpaired) electrons. The predicted octanol–water partition coefficient (Wildman–Crippen LogP) is 3.77. The minimum Gasteiger partial charge on any atom is -0.438 e. The van der Waals surface area contributed by atoms with E-state index in [-0.39, 0.29) is 5.82 Å². The Labute approximate surface area is 163 Å². The lowest BCUT2D eigenvalue weighted by Crippen LogP contribution is -2.14. The molecule has 0 unspecified atom stereocenters. The summed E-state index contributed by atoms with van der Waals surface area (Å²) in [5, 5.41) is 4.59. The second kappa shape index (κ2) is 8.08. The van der Waals surface area contributed by atoms with Crippen LogP contribution in [0.2, 0.25) is 0 Å². The maximum absolute atomic E-state index is 13.9. The highest BCUT2D eigenvalue weighted by Crippen LogP contribution is 2.35. The molecule has 146 valence electrons. The maximum Gasteiger partial charge on any atom is 0.217 e. The molecule has 0 aliphatic carbocycles. The first-order valence-corrected chi connectivity index (χ1v) is 9.38. The van der Waals surface area contributed by atoms with Gasteiger partial charge in [-0.3, -0.25) is 4.98 Å². The van der Waals surface area contributed by atoms with Crippen LogP contribution in [0.15, 0.2) is 42.6 Å². The molecule has 0 bridgehead atoms. The van der Waals surface area contributed by atoms with E-state index in [0.29, 0.717) is 35.3 Å². The predicted molar refractivity (Wildman–Crippen MR) is 104 cm³/mol. The molecule has 2 N–H and O–H groups in total. The lowest BCUT2D eigenvalue weighted by Gasteiger charge is -2.19. The van der Waals surface area contributed by atoms with Crippen molar-refractivity contribution in [3.63, 3.8) is 0 Å². The first-order valence-electron chi connectivity index (χ1n) is 9.38. The van der Waals surface area contributed by atoms with Gasteiger partial charge in [0.2, 0.25) is 5.88 Å². The molecule has 1 aliphatic rings. The van der Waals surface area contributed by atoms with Crippen LogP contribution in [0.1, 0.15) is 30.0 Å². The van der Waals surface area contributed by atoms with Crippen LogP contribution in [0.5, 0.6) is 11.6 Å². The van der Waals surface area contributed by atoms with Gasteiger partial charge < -0.3 is 15.2 Å². The third-order valence-corrected chi connectivity index (χ3v) is 4.99. The summed E-state index contributed by atoms with van der Waals surface area (Å²) in [7, 11) is 1.82. The lowest BCUT2D eigenvalue weighted by atomic mass is 9.97. The van der Waals surface area contributed by atoms with Gasteiger partial charge >= 0.3 is 0 Å². The van der Waals surface area contributed by atoms with Crippen LogP contribution in [0.25, 0.3) is 11.3 Å². The van der Waals surface area contributed by atoms with Crippen molar-refractivity contribution in [1.29, 1.82) is 0 Å². The standard InChI is InChI=1S/C21H23FN4O2/c1-26-21(11-19(25-26)15-6-8-27-9-7-15)28-20-10-16(22)3-4-17(20)18-5-2-14(12-23)13-24-18/h2-5,10-11,13,15H,6-9,12,23H2,1H3. The van der Waals surface area contributed by atoms with Crippen molar-refractivity contribution in [3.05, 3.63) is 59.7 Å². The van der Waals surface area contributed by atoms with Gasteiger partial charge in [-0.05, 0) is 36.6 Å². The molecule has 1 aliphatic heterocycles. The SMILES string of the molecule is Cn1nc(C2CCOCC2)cc1Oc1cc(F)ccc1-c1ccc(CN)cn1. The van der Waals surface area contributed by atoms with Crippen molar-refractivity contribution in [2.75, 3.05) is 13.2 Å². The van der Waals surface area contributed by atoms with Gasteiger partial charge in [0, 0.05) is 56.6 Å². The van der Waals surface area contributed by atoms with E-state index in [1.807, 2.05) is 25.2 Å². The number of nitrogens with zero attached hydrogens (tertiary/aromatic N) is 3. The highest BCUT2D eigenvalue weighted by atomic mass is 19.1. The Kier molecular flexibility index (Phi) is 5.36. The molecule has 0 spiro atoms. The molecule has 0 amide bonds. The zero-order chi connectivity index (χ0) is 19.5. The molecule has 28 heavy (non-hydrogen) atoms. The number of aromatic nitrogens is 3.